The maximum Gasteiger partial charge on any atom is 0.411 e. The number of aromatic nitrogens is 3. The van der Waals surface area contributed by atoms with Crippen LogP contribution in [0.5, 0.6) is 0 Å². The monoisotopic (exact) mass is 308 g/mol. The molecule has 1 atom stereocenters. The number of halogens is 3. The quantitative estimate of drug-likeness (QED) is 0.720. The van der Waals surface area contributed by atoms with Crippen LogP contribution in [-0.4, -0.2) is 46.7 Å². The van der Waals surface area contributed by atoms with Crippen LogP contribution < -0.4 is 5.32 Å². The van der Waals surface area contributed by atoms with Crippen molar-refractivity contribution in [1.29, 1.82) is 0 Å². The number of alkyl halides is 3. The van der Waals surface area contributed by atoms with Gasteiger partial charge in [0, 0.05) is 19.0 Å². The summed E-state index contributed by atoms with van der Waals surface area (Å²) in [7, 11) is 0. The number of rotatable bonds is 10. The summed E-state index contributed by atoms with van der Waals surface area (Å²) in [6.45, 7) is 4.28. The highest BCUT2D eigenvalue weighted by atomic mass is 19.4. The van der Waals surface area contributed by atoms with Crippen LogP contribution in [0, 0.1) is 0 Å². The summed E-state index contributed by atoms with van der Waals surface area (Å²) < 4.78 is 42.9. The molecule has 1 aromatic heterocycles. The summed E-state index contributed by atoms with van der Waals surface area (Å²) >= 11 is 0. The normalized spacial score (nSPS) is 13.6. The third-order valence-corrected chi connectivity index (χ3v) is 2.83. The van der Waals surface area contributed by atoms with Gasteiger partial charge in [-0.2, -0.15) is 18.3 Å². The number of hydrogen-bond donors (Lipinski definition) is 1. The van der Waals surface area contributed by atoms with Crippen molar-refractivity contribution in [2.45, 2.75) is 51.9 Å². The minimum atomic E-state index is -4.29. The predicted octanol–water partition coefficient (Wildman–Crippen LogP) is 2.18. The van der Waals surface area contributed by atoms with Gasteiger partial charge < -0.3 is 10.1 Å². The first-order valence-corrected chi connectivity index (χ1v) is 7.20. The molecule has 0 fully saturated rings. The van der Waals surface area contributed by atoms with Gasteiger partial charge >= 0.3 is 6.18 Å². The SMILES string of the molecule is CCCNC(COCC(F)(F)F)Cc1ncnn1CCC. The van der Waals surface area contributed by atoms with Crippen LogP contribution in [-0.2, 0) is 17.7 Å². The van der Waals surface area contributed by atoms with E-state index in [-0.39, 0.29) is 12.6 Å². The Kier molecular flexibility index (Phi) is 7.66. The summed E-state index contributed by atoms with van der Waals surface area (Å²) in [5.74, 6) is 0.765. The van der Waals surface area contributed by atoms with E-state index in [9.17, 15) is 13.2 Å². The number of nitrogens with zero attached hydrogens (tertiary/aromatic N) is 3. The summed E-state index contributed by atoms with van der Waals surface area (Å²) in [6.07, 6.45) is -0.501. The van der Waals surface area contributed by atoms with Crippen molar-refractivity contribution in [3.8, 4) is 0 Å². The highest BCUT2D eigenvalue weighted by molar-refractivity contribution is 4.90. The molecule has 0 aromatic carbocycles. The van der Waals surface area contributed by atoms with Crippen LogP contribution in [0.1, 0.15) is 32.5 Å². The second-order valence-electron chi connectivity index (χ2n) is 4.88. The van der Waals surface area contributed by atoms with Crippen molar-refractivity contribution in [2.75, 3.05) is 19.8 Å². The Hall–Kier alpha value is -1.15. The van der Waals surface area contributed by atoms with Crippen LogP contribution in [0.15, 0.2) is 6.33 Å². The molecule has 0 amide bonds. The molecule has 122 valence electrons. The first kappa shape index (κ1) is 17.9. The molecule has 0 radical (unpaired) electrons. The molecule has 1 rings (SSSR count). The highest BCUT2D eigenvalue weighted by Gasteiger charge is 2.28. The molecular weight excluding hydrogens is 285 g/mol. The van der Waals surface area contributed by atoms with Crippen molar-refractivity contribution < 1.29 is 17.9 Å². The van der Waals surface area contributed by atoms with E-state index in [2.05, 4.69) is 15.4 Å². The molecule has 5 nitrogen and oxygen atoms in total. The molecule has 8 heteroatoms. The maximum atomic E-state index is 12.1. The number of nitrogens with one attached hydrogen (secondary N) is 1. The third-order valence-electron chi connectivity index (χ3n) is 2.83. The minimum Gasteiger partial charge on any atom is -0.370 e. The van der Waals surface area contributed by atoms with Gasteiger partial charge in [-0.1, -0.05) is 13.8 Å². The molecule has 1 unspecified atom stereocenters. The average Bonchev–Trinajstić information content (AvgIpc) is 2.82. The average molecular weight is 308 g/mol. The zero-order valence-electron chi connectivity index (χ0n) is 12.5. The lowest BCUT2D eigenvalue weighted by Crippen LogP contribution is -2.38. The Bertz CT molecular complexity index is 395. The Balaban J connectivity index is 2.54. The molecule has 0 spiro atoms. The molecule has 0 bridgehead atoms. The van der Waals surface area contributed by atoms with E-state index in [4.69, 9.17) is 4.74 Å². The molecule has 21 heavy (non-hydrogen) atoms. The van der Waals surface area contributed by atoms with Crippen LogP contribution in [0.3, 0.4) is 0 Å². The van der Waals surface area contributed by atoms with Crippen molar-refractivity contribution in [3.05, 3.63) is 12.2 Å². The first-order chi connectivity index (χ1) is 9.96. The molecule has 0 saturated heterocycles. The van der Waals surface area contributed by atoms with Crippen molar-refractivity contribution in [1.82, 2.24) is 20.1 Å². The van der Waals surface area contributed by atoms with E-state index in [0.717, 1.165) is 31.8 Å². The zero-order chi connectivity index (χ0) is 15.7. The van der Waals surface area contributed by atoms with Gasteiger partial charge in [0.1, 0.15) is 18.8 Å². The lowest BCUT2D eigenvalue weighted by atomic mass is 10.2. The van der Waals surface area contributed by atoms with Gasteiger partial charge in [-0.15, -0.1) is 0 Å². The van der Waals surface area contributed by atoms with Crippen LogP contribution in [0.4, 0.5) is 13.2 Å². The maximum absolute atomic E-state index is 12.1. The largest absolute Gasteiger partial charge is 0.411 e. The van der Waals surface area contributed by atoms with Crippen LogP contribution in [0.25, 0.3) is 0 Å². The smallest absolute Gasteiger partial charge is 0.370 e. The molecule has 1 N–H and O–H groups in total. The Morgan fingerprint density at radius 3 is 2.71 bits per heavy atom. The van der Waals surface area contributed by atoms with Crippen molar-refractivity contribution >= 4 is 0 Å². The summed E-state index contributed by atoms with van der Waals surface area (Å²) in [6, 6.07) is -0.202. The Morgan fingerprint density at radius 1 is 1.33 bits per heavy atom. The fourth-order valence-electron chi connectivity index (χ4n) is 1.92. The van der Waals surface area contributed by atoms with Gasteiger partial charge in [-0.3, -0.25) is 4.68 Å². The second kappa shape index (κ2) is 8.99. The molecule has 0 aliphatic carbocycles. The lowest BCUT2D eigenvalue weighted by Gasteiger charge is -2.19. The van der Waals surface area contributed by atoms with Gasteiger partial charge in [-0.25, -0.2) is 4.98 Å². The first-order valence-electron chi connectivity index (χ1n) is 7.20. The Labute approximate surface area is 122 Å². The fraction of sp³-hybridized carbons (Fsp3) is 0.846. The third kappa shape index (κ3) is 7.42. The standard InChI is InChI=1S/C13H23F3N4O/c1-3-5-17-11(8-21-9-13(14,15)16)7-12-18-10-19-20(12)6-4-2/h10-11,17H,3-9H2,1-2H3. The second-order valence-corrected chi connectivity index (χ2v) is 4.88. The molecular formula is C13H23F3N4O. The minimum absolute atomic E-state index is 0.00149. The van der Waals surface area contributed by atoms with Gasteiger partial charge in [0.05, 0.1) is 6.61 Å². The van der Waals surface area contributed by atoms with E-state index >= 15 is 0 Å². The molecule has 1 aromatic rings. The van der Waals surface area contributed by atoms with Crippen molar-refractivity contribution in [2.24, 2.45) is 0 Å². The van der Waals surface area contributed by atoms with Gasteiger partial charge in [0.25, 0.3) is 0 Å². The molecule has 0 aliphatic rings. The van der Waals surface area contributed by atoms with Crippen LogP contribution >= 0.6 is 0 Å². The lowest BCUT2D eigenvalue weighted by molar-refractivity contribution is -0.175. The number of ether oxygens (including phenoxy) is 1. The van der Waals surface area contributed by atoms with E-state index in [1.807, 2.05) is 13.8 Å². The molecule has 0 aliphatic heterocycles. The topological polar surface area (TPSA) is 52.0 Å². The van der Waals surface area contributed by atoms with Gasteiger partial charge in [0.15, 0.2) is 0 Å². The number of aryl methyl sites for hydroxylation is 1. The van der Waals surface area contributed by atoms with E-state index in [0.29, 0.717) is 6.42 Å². The zero-order valence-corrected chi connectivity index (χ0v) is 12.5. The van der Waals surface area contributed by atoms with E-state index in [1.165, 1.54) is 6.33 Å². The highest BCUT2D eigenvalue weighted by Crippen LogP contribution is 2.14. The van der Waals surface area contributed by atoms with Crippen molar-refractivity contribution in [3.63, 3.8) is 0 Å². The molecule has 0 saturated carbocycles. The van der Waals surface area contributed by atoms with E-state index < -0.39 is 12.8 Å². The summed E-state index contributed by atoms with van der Waals surface area (Å²) in [5, 5.41) is 7.31. The molecule has 1 heterocycles. The summed E-state index contributed by atoms with van der Waals surface area (Å²) in [4.78, 5) is 4.17. The predicted molar refractivity (Wildman–Crippen MR) is 73.0 cm³/mol. The fourth-order valence-corrected chi connectivity index (χ4v) is 1.92. The van der Waals surface area contributed by atoms with E-state index in [1.54, 1.807) is 4.68 Å². The van der Waals surface area contributed by atoms with Gasteiger partial charge in [0.2, 0.25) is 0 Å². The van der Waals surface area contributed by atoms with Gasteiger partial charge in [-0.05, 0) is 19.4 Å². The van der Waals surface area contributed by atoms with Crippen LogP contribution in [0.2, 0.25) is 0 Å². The Morgan fingerprint density at radius 2 is 2.10 bits per heavy atom. The number of hydrogen-bond acceptors (Lipinski definition) is 4. The summed E-state index contributed by atoms with van der Waals surface area (Å²) in [5.41, 5.74) is 0.